The minimum Gasteiger partial charge on any atom is -0.396 e. The van der Waals surface area contributed by atoms with Crippen LogP contribution in [0.5, 0.6) is 0 Å². The third kappa shape index (κ3) is 4.96. The number of amides is 1. The van der Waals surface area contributed by atoms with E-state index in [-0.39, 0.29) is 18.0 Å². The summed E-state index contributed by atoms with van der Waals surface area (Å²) in [6, 6.07) is 1.48. The van der Waals surface area contributed by atoms with Gasteiger partial charge in [0.1, 0.15) is 12.0 Å². The number of aldehydes is 1. The number of aromatic nitrogens is 4. The van der Waals surface area contributed by atoms with Crippen LogP contribution in [0.2, 0.25) is 0 Å². The van der Waals surface area contributed by atoms with E-state index in [2.05, 4.69) is 20.6 Å². The van der Waals surface area contributed by atoms with Crippen LogP contribution < -0.4 is 11.1 Å². The van der Waals surface area contributed by atoms with Crippen molar-refractivity contribution in [2.75, 3.05) is 5.73 Å². The molecular weight excluding hydrogens is 344 g/mol. The highest BCUT2D eigenvalue weighted by Gasteiger charge is 2.46. The van der Waals surface area contributed by atoms with Gasteiger partial charge < -0.3 is 15.8 Å². The summed E-state index contributed by atoms with van der Waals surface area (Å²) in [4.78, 5) is 24.0. The lowest BCUT2D eigenvalue weighted by Crippen LogP contribution is -2.44. The third-order valence-electron chi connectivity index (χ3n) is 5.10. The van der Waals surface area contributed by atoms with Crippen molar-refractivity contribution in [1.82, 2.24) is 25.3 Å². The molecule has 0 aromatic carbocycles. The van der Waals surface area contributed by atoms with Gasteiger partial charge in [-0.3, -0.25) is 14.6 Å². The van der Waals surface area contributed by atoms with Crippen LogP contribution in [0.15, 0.2) is 24.7 Å². The maximum absolute atomic E-state index is 12.5. The molecule has 8 nitrogen and oxygen atoms in total. The lowest BCUT2D eigenvalue weighted by molar-refractivity contribution is -0.110. The summed E-state index contributed by atoms with van der Waals surface area (Å²) in [5.74, 6) is 1.40. The fourth-order valence-corrected chi connectivity index (χ4v) is 3.55. The lowest BCUT2D eigenvalue weighted by atomic mass is 9.90. The lowest BCUT2D eigenvalue weighted by Gasteiger charge is -2.24. The van der Waals surface area contributed by atoms with E-state index < -0.39 is 0 Å². The number of nitrogens with two attached hydrogens (primary N) is 1. The van der Waals surface area contributed by atoms with Crippen LogP contribution in [0.4, 0.5) is 5.69 Å². The van der Waals surface area contributed by atoms with Crippen molar-refractivity contribution >= 4 is 17.9 Å². The van der Waals surface area contributed by atoms with Crippen molar-refractivity contribution in [2.24, 2.45) is 17.8 Å². The fraction of sp³-hybridized carbons (Fsp3) is 0.579. The number of nitrogens with one attached hydrogen (secondary N) is 2. The first-order chi connectivity index (χ1) is 13.0. The predicted octanol–water partition coefficient (Wildman–Crippen LogP) is 2.19. The van der Waals surface area contributed by atoms with Gasteiger partial charge >= 0.3 is 0 Å². The number of carbonyl (C=O) groups excluding carboxylic acids is 2. The van der Waals surface area contributed by atoms with E-state index in [0.29, 0.717) is 29.1 Å². The number of aromatic amines is 1. The molecule has 2 fully saturated rings. The van der Waals surface area contributed by atoms with Gasteiger partial charge in [-0.15, -0.1) is 0 Å². The zero-order valence-electron chi connectivity index (χ0n) is 15.8. The van der Waals surface area contributed by atoms with Gasteiger partial charge in [-0.2, -0.15) is 10.2 Å². The minimum absolute atomic E-state index is 0.123. The summed E-state index contributed by atoms with van der Waals surface area (Å²) < 4.78 is 1.69. The normalized spacial score (nSPS) is 17.3. The van der Waals surface area contributed by atoms with E-state index in [0.717, 1.165) is 6.29 Å². The van der Waals surface area contributed by atoms with Crippen molar-refractivity contribution in [1.29, 1.82) is 0 Å². The summed E-state index contributed by atoms with van der Waals surface area (Å²) in [6.45, 7) is 3.97. The number of carbonyl (C=O) groups is 2. The van der Waals surface area contributed by atoms with Gasteiger partial charge in [-0.05, 0) is 63.4 Å². The second kappa shape index (κ2) is 8.37. The van der Waals surface area contributed by atoms with Gasteiger partial charge in [0.15, 0.2) is 0 Å². The molecule has 2 aromatic rings. The molecule has 1 amide bonds. The van der Waals surface area contributed by atoms with Crippen LogP contribution >= 0.6 is 0 Å². The van der Waals surface area contributed by atoms with E-state index in [1.54, 1.807) is 29.3 Å². The summed E-state index contributed by atoms with van der Waals surface area (Å²) in [5.41, 5.74) is 6.39. The molecule has 0 bridgehead atoms. The van der Waals surface area contributed by atoms with Crippen molar-refractivity contribution in [3.8, 4) is 0 Å². The van der Waals surface area contributed by atoms with Crippen LogP contribution in [0.25, 0.3) is 0 Å². The molecule has 146 valence electrons. The maximum Gasteiger partial charge on any atom is 0.270 e. The van der Waals surface area contributed by atoms with E-state index in [1.165, 1.54) is 25.7 Å². The Hall–Kier alpha value is -2.64. The van der Waals surface area contributed by atoms with Gasteiger partial charge in [-0.25, -0.2) is 0 Å². The number of hydrogen-bond donors (Lipinski definition) is 3. The van der Waals surface area contributed by atoms with Crippen LogP contribution in [0.1, 0.15) is 56.1 Å². The number of rotatable bonds is 7. The smallest absolute Gasteiger partial charge is 0.270 e. The fourth-order valence-electron chi connectivity index (χ4n) is 3.55. The summed E-state index contributed by atoms with van der Waals surface area (Å²) in [7, 11) is 0. The zero-order valence-corrected chi connectivity index (χ0v) is 15.8. The molecule has 0 spiro atoms. The quantitative estimate of drug-likeness (QED) is 0.644. The van der Waals surface area contributed by atoms with Gasteiger partial charge in [-0.1, -0.05) is 0 Å². The molecule has 1 unspecified atom stereocenters. The molecular formula is C19H28N6O2. The van der Waals surface area contributed by atoms with Crippen LogP contribution in [-0.4, -0.2) is 38.2 Å². The molecule has 0 radical (unpaired) electrons. The summed E-state index contributed by atoms with van der Waals surface area (Å²) >= 11 is 0. The SMILES string of the molecule is CC(C)n1nccc1C(=O)NC(C=O)C(C1CC1)C1CC1.Nc1cn[nH]c1. The minimum atomic E-state index is -0.354. The van der Waals surface area contributed by atoms with Gasteiger partial charge in [0, 0.05) is 18.4 Å². The van der Waals surface area contributed by atoms with Gasteiger partial charge in [0.25, 0.3) is 5.91 Å². The highest BCUT2D eigenvalue weighted by Crippen LogP contribution is 2.50. The van der Waals surface area contributed by atoms with E-state index in [4.69, 9.17) is 5.73 Å². The Morgan fingerprint density at radius 3 is 2.41 bits per heavy atom. The van der Waals surface area contributed by atoms with Crippen molar-refractivity contribution in [3.63, 3.8) is 0 Å². The van der Waals surface area contributed by atoms with E-state index in [1.807, 2.05) is 13.8 Å². The monoisotopic (exact) mass is 372 g/mol. The average molecular weight is 372 g/mol. The topological polar surface area (TPSA) is 119 Å². The number of nitrogens with zero attached hydrogens (tertiary/aromatic N) is 3. The van der Waals surface area contributed by atoms with E-state index in [9.17, 15) is 9.59 Å². The Kier molecular flexibility index (Phi) is 5.93. The molecule has 1 atom stereocenters. The number of hydrogen-bond acceptors (Lipinski definition) is 5. The molecule has 8 heteroatoms. The number of H-pyrrole nitrogens is 1. The molecule has 0 aliphatic heterocycles. The molecule has 2 saturated carbocycles. The first kappa shape index (κ1) is 19.1. The molecule has 4 rings (SSSR count). The molecule has 0 saturated heterocycles. The second-order valence-electron chi connectivity index (χ2n) is 7.67. The van der Waals surface area contributed by atoms with Crippen LogP contribution in [0, 0.1) is 17.8 Å². The summed E-state index contributed by atoms with van der Waals surface area (Å²) in [6.07, 6.45) is 10.5. The summed E-state index contributed by atoms with van der Waals surface area (Å²) in [5, 5.41) is 13.2. The Morgan fingerprint density at radius 2 is 2.00 bits per heavy atom. The van der Waals surface area contributed by atoms with Crippen molar-refractivity contribution in [2.45, 2.75) is 51.6 Å². The molecule has 2 aliphatic carbocycles. The standard InChI is InChI=1S/C16H23N3O2.C3H5N3/c1-10(2)19-14(7-8-17-19)16(21)18-13(9-20)15(11-3-4-11)12-5-6-12;4-3-1-5-6-2-3/h7-13,15H,3-6H2,1-2H3,(H,18,21);1-2H,4H2,(H,5,6). The second-order valence-corrected chi connectivity index (χ2v) is 7.67. The largest absolute Gasteiger partial charge is 0.396 e. The molecule has 2 heterocycles. The number of nitrogen functional groups attached to an aromatic ring is 1. The highest BCUT2D eigenvalue weighted by molar-refractivity contribution is 5.94. The first-order valence-corrected chi connectivity index (χ1v) is 9.55. The number of anilines is 1. The zero-order chi connectivity index (χ0) is 19.4. The van der Waals surface area contributed by atoms with Gasteiger partial charge in [0.2, 0.25) is 0 Å². The van der Waals surface area contributed by atoms with E-state index >= 15 is 0 Å². The molecule has 27 heavy (non-hydrogen) atoms. The Morgan fingerprint density at radius 1 is 1.33 bits per heavy atom. The predicted molar refractivity (Wildman–Crippen MR) is 102 cm³/mol. The Labute approximate surface area is 158 Å². The van der Waals surface area contributed by atoms with Crippen molar-refractivity contribution < 1.29 is 9.59 Å². The van der Waals surface area contributed by atoms with Crippen molar-refractivity contribution in [3.05, 3.63) is 30.4 Å². The highest BCUT2D eigenvalue weighted by atomic mass is 16.2. The molecule has 4 N–H and O–H groups in total. The van der Waals surface area contributed by atoms with Gasteiger partial charge in [0.05, 0.1) is 17.9 Å². The Bertz CT molecular complexity index is 734. The Balaban J connectivity index is 0.000000299. The average Bonchev–Trinajstić information content (AvgIpc) is 3.56. The molecule has 2 aromatic heterocycles. The van der Waals surface area contributed by atoms with Crippen LogP contribution in [0.3, 0.4) is 0 Å². The molecule has 2 aliphatic rings. The third-order valence-corrected chi connectivity index (χ3v) is 5.10. The maximum atomic E-state index is 12.5. The van der Waals surface area contributed by atoms with Crippen LogP contribution in [-0.2, 0) is 4.79 Å². The first-order valence-electron chi connectivity index (χ1n) is 9.55.